The van der Waals surface area contributed by atoms with Crippen LogP contribution in [-0.4, -0.2) is 7.11 Å². The maximum absolute atomic E-state index is 13.1. The van der Waals surface area contributed by atoms with E-state index in [1.54, 1.807) is 6.07 Å². The van der Waals surface area contributed by atoms with Crippen LogP contribution in [0.4, 0.5) is 13.2 Å². The minimum atomic E-state index is -4.40. The van der Waals surface area contributed by atoms with E-state index in [4.69, 9.17) is 10.5 Å². The number of hydrogen-bond acceptors (Lipinski definition) is 2. The Labute approximate surface area is 110 Å². The molecule has 0 aliphatic heterocycles. The fourth-order valence-electron chi connectivity index (χ4n) is 2.77. The molecular formula is C14H18F3NO. The summed E-state index contributed by atoms with van der Waals surface area (Å²) in [5, 5.41) is 0. The zero-order chi connectivity index (χ0) is 14.0. The quantitative estimate of drug-likeness (QED) is 0.906. The molecule has 0 heterocycles. The maximum Gasteiger partial charge on any atom is 0.416 e. The van der Waals surface area contributed by atoms with E-state index < -0.39 is 17.8 Å². The molecule has 106 valence electrons. The molecule has 5 heteroatoms. The van der Waals surface area contributed by atoms with Gasteiger partial charge in [0.25, 0.3) is 0 Å². The smallest absolute Gasteiger partial charge is 0.416 e. The summed E-state index contributed by atoms with van der Waals surface area (Å²) in [4.78, 5) is 0. The van der Waals surface area contributed by atoms with Crippen molar-refractivity contribution in [2.24, 2.45) is 11.7 Å². The Morgan fingerprint density at radius 2 is 1.89 bits per heavy atom. The average molecular weight is 273 g/mol. The summed E-state index contributed by atoms with van der Waals surface area (Å²) in [6.45, 7) is 0. The first-order valence-corrected chi connectivity index (χ1v) is 6.44. The second-order valence-electron chi connectivity index (χ2n) is 5.02. The Kier molecular flexibility index (Phi) is 4.04. The standard InChI is InChI=1S/C14H18F3NO/c1-19-10-6-7-11(12(8-10)14(15,16)17)13(18)9-4-2-3-5-9/h6-9,13H,2-5,18H2,1H3/t13-/m1/s1. The van der Waals surface area contributed by atoms with Crippen molar-refractivity contribution < 1.29 is 17.9 Å². The first-order valence-electron chi connectivity index (χ1n) is 6.44. The third-order valence-electron chi connectivity index (χ3n) is 3.83. The van der Waals surface area contributed by atoms with Gasteiger partial charge < -0.3 is 10.5 Å². The van der Waals surface area contributed by atoms with Gasteiger partial charge in [0, 0.05) is 6.04 Å². The molecule has 0 radical (unpaired) electrons. The highest BCUT2D eigenvalue weighted by Crippen LogP contribution is 2.41. The van der Waals surface area contributed by atoms with Gasteiger partial charge in [0.05, 0.1) is 12.7 Å². The Bertz CT molecular complexity index is 439. The molecule has 19 heavy (non-hydrogen) atoms. The van der Waals surface area contributed by atoms with Gasteiger partial charge in [-0.05, 0) is 36.5 Å². The van der Waals surface area contributed by atoms with Crippen LogP contribution in [0.1, 0.15) is 42.9 Å². The molecule has 1 saturated carbocycles. The molecule has 1 aliphatic carbocycles. The summed E-state index contributed by atoms with van der Waals surface area (Å²) in [5.41, 5.74) is 5.55. The topological polar surface area (TPSA) is 35.2 Å². The largest absolute Gasteiger partial charge is 0.497 e. The second-order valence-corrected chi connectivity index (χ2v) is 5.02. The lowest BCUT2D eigenvalue weighted by atomic mass is 9.89. The first kappa shape index (κ1) is 14.2. The number of hydrogen-bond donors (Lipinski definition) is 1. The molecule has 1 aromatic carbocycles. The summed E-state index contributed by atoms with van der Waals surface area (Å²) < 4.78 is 44.2. The maximum atomic E-state index is 13.1. The lowest BCUT2D eigenvalue weighted by Crippen LogP contribution is -2.23. The van der Waals surface area contributed by atoms with Crippen molar-refractivity contribution in [3.8, 4) is 5.75 Å². The number of benzene rings is 1. The molecule has 0 bridgehead atoms. The van der Waals surface area contributed by atoms with Crippen LogP contribution in [0.15, 0.2) is 18.2 Å². The van der Waals surface area contributed by atoms with Gasteiger partial charge >= 0.3 is 6.18 Å². The first-order chi connectivity index (χ1) is 8.93. The molecule has 0 amide bonds. The van der Waals surface area contributed by atoms with Crippen molar-refractivity contribution in [2.45, 2.75) is 37.9 Å². The molecule has 0 spiro atoms. The third kappa shape index (κ3) is 3.03. The van der Waals surface area contributed by atoms with Crippen LogP contribution in [0.25, 0.3) is 0 Å². The number of rotatable bonds is 3. The fourth-order valence-corrected chi connectivity index (χ4v) is 2.77. The molecule has 1 aromatic rings. The molecule has 2 nitrogen and oxygen atoms in total. The molecule has 2 N–H and O–H groups in total. The van der Waals surface area contributed by atoms with E-state index in [2.05, 4.69) is 0 Å². The molecular weight excluding hydrogens is 255 g/mol. The van der Waals surface area contributed by atoms with Gasteiger partial charge in [-0.25, -0.2) is 0 Å². The van der Waals surface area contributed by atoms with Gasteiger partial charge in [0.15, 0.2) is 0 Å². The minimum absolute atomic E-state index is 0.148. The van der Waals surface area contributed by atoms with Crippen LogP contribution < -0.4 is 10.5 Å². The number of methoxy groups -OCH3 is 1. The third-order valence-corrected chi connectivity index (χ3v) is 3.83. The average Bonchev–Trinajstić information content (AvgIpc) is 2.90. The molecule has 2 rings (SSSR count). The summed E-state index contributed by atoms with van der Waals surface area (Å²) in [6.07, 6.45) is -0.485. The van der Waals surface area contributed by atoms with Crippen LogP contribution in [-0.2, 0) is 6.18 Å². The normalized spacial score (nSPS) is 18.6. The van der Waals surface area contributed by atoms with E-state index >= 15 is 0 Å². The molecule has 0 saturated heterocycles. The number of halogens is 3. The van der Waals surface area contributed by atoms with E-state index in [1.165, 1.54) is 13.2 Å². The Hall–Kier alpha value is -1.23. The summed E-state index contributed by atoms with van der Waals surface area (Å²) in [7, 11) is 1.35. The van der Waals surface area contributed by atoms with Gasteiger partial charge in [-0.3, -0.25) is 0 Å². The van der Waals surface area contributed by atoms with Crippen LogP contribution in [0, 0.1) is 5.92 Å². The molecule has 0 unspecified atom stereocenters. The summed E-state index contributed by atoms with van der Waals surface area (Å²) in [6, 6.07) is 3.47. The van der Waals surface area contributed by atoms with E-state index in [0.29, 0.717) is 0 Å². The van der Waals surface area contributed by atoms with Gasteiger partial charge in [0.1, 0.15) is 5.75 Å². The van der Waals surface area contributed by atoms with Gasteiger partial charge in [-0.1, -0.05) is 18.9 Å². The number of nitrogens with two attached hydrogens (primary N) is 1. The Morgan fingerprint density at radius 3 is 2.42 bits per heavy atom. The molecule has 1 atom stereocenters. The highest BCUT2D eigenvalue weighted by molar-refractivity contribution is 5.39. The lowest BCUT2D eigenvalue weighted by molar-refractivity contribution is -0.138. The molecule has 1 fully saturated rings. The predicted octanol–water partition coefficient (Wildman–Crippen LogP) is 3.90. The van der Waals surface area contributed by atoms with Crippen LogP contribution in [0.2, 0.25) is 0 Å². The molecule has 1 aliphatic rings. The van der Waals surface area contributed by atoms with Crippen LogP contribution in [0.3, 0.4) is 0 Å². The van der Waals surface area contributed by atoms with Crippen LogP contribution in [0.5, 0.6) is 5.75 Å². The zero-order valence-corrected chi connectivity index (χ0v) is 10.8. The second kappa shape index (κ2) is 5.41. The van der Waals surface area contributed by atoms with Crippen molar-refractivity contribution in [3.05, 3.63) is 29.3 Å². The summed E-state index contributed by atoms with van der Waals surface area (Å²) >= 11 is 0. The zero-order valence-electron chi connectivity index (χ0n) is 10.8. The van der Waals surface area contributed by atoms with Crippen molar-refractivity contribution in [2.75, 3.05) is 7.11 Å². The van der Waals surface area contributed by atoms with Crippen molar-refractivity contribution in [3.63, 3.8) is 0 Å². The van der Waals surface area contributed by atoms with Crippen molar-refractivity contribution >= 4 is 0 Å². The van der Waals surface area contributed by atoms with Crippen molar-refractivity contribution in [1.82, 2.24) is 0 Å². The fraction of sp³-hybridized carbons (Fsp3) is 0.571. The summed E-state index contributed by atoms with van der Waals surface area (Å²) in [5.74, 6) is 0.351. The molecule has 0 aromatic heterocycles. The number of ether oxygens (including phenoxy) is 1. The minimum Gasteiger partial charge on any atom is -0.497 e. The monoisotopic (exact) mass is 273 g/mol. The van der Waals surface area contributed by atoms with Crippen LogP contribution >= 0.6 is 0 Å². The van der Waals surface area contributed by atoms with E-state index in [0.717, 1.165) is 31.7 Å². The number of alkyl halides is 3. The highest BCUT2D eigenvalue weighted by Gasteiger charge is 2.37. The SMILES string of the molecule is COc1ccc([C@H](N)C2CCCC2)c(C(F)(F)F)c1. The predicted molar refractivity (Wildman–Crippen MR) is 66.9 cm³/mol. The Morgan fingerprint density at radius 1 is 1.26 bits per heavy atom. The van der Waals surface area contributed by atoms with E-state index in [9.17, 15) is 13.2 Å². The van der Waals surface area contributed by atoms with Gasteiger partial charge in [0.2, 0.25) is 0 Å². The lowest BCUT2D eigenvalue weighted by Gasteiger charge is -2.23. The van der Waals surface area contributed by atoms with Gasteiger partial charge in [-0.2, -0.15) is 13.2 Å². The van der Waals surface area contributed by atoms with E-state index in [1.807, 2.05) is 0 Å². The van der Waals surface area contributed by atoms with Crippen molar-refractivity contribution in [1.29, 1.82) is 0 Å². The Balaban J connectivity index is 2.38. The van der Waals surface area contributed by atoms with E-state index in [-0.39, 0.29) is 17.2 Å². The van der Waals surface area contributed by atoms with Gasteiger partial charge in [-0.15, -0.1) is 0 Å². The highest BCUT2D eigenvalue weighted by atomic mass is 19.4.